The average molecular weight is 207 g/mol. The van der Waals surface area contributed by atoms with Crippen LogP contribution in [0.15, 0.2) is 30.3 Å². The summed E-state index contributed by atoms with van der Waals surface area (Å²) >= 11 is 0. The van der Waals surface area contributed by atoms with Crippen LogP contribution in [0.1, 0.15) is 19.4 Å². The van der Waals surface area contributed by atoms with Crippen molar-refractivity contribution in [2.75, 3.05) is 0 Å². The Hall–Kier alpha value is -1.35. The Balaban J connectivity index is 2.90. The van der Waals surface area contributed by atoms with E-state index in [4.69, 9.17) is 10.8 Å². The fraction of sp³-hybridized carbons (Fsp3) is 0.417. The Bertz CT molecular complexity index is 335. The van der Waals surface area contributed by atoms with Gasteiger partial charge in [-0.25, -0.2) is 0 Å². The van der Waals surface area contributed by atoms with Crippen LogP contribution < -0.4 is 5.73 Å². The van der Waals surface area contributed by atoms with Crippen molar-refractivity contribution in [1.82, 2.24) is 0 Å². The lowest BCUT2D eigenvalue weighted by Crippen LogP contribution is -2.54. The number of hydrogen-bond donors (Lipinski definition) is 2. The molecule has 0 bridgehead atoms. The summed E-state index contributed by atoms with van der Waals surface area (Å²) in [5.41, 5.74) is 5.69. The van der Waals surface area contributed by atoms with Crippen LogP contribution in [-0.2, 0) is 11.2 Å². The Kier molecular flexibility index (Phi) is 3.48. The summed E-state index contributed by atoms with van der Waals surface area (Å²) in [6.07, 6.45) is 0.362. The first kappa shape index (κ1) is 11.7. The van der Waals surface area contributed by atoms with Gasteiger partial charge in [-0.3, -0.25) is 4.79 Å². The molecule has 0 amide bonds. The third kappa shape index (κ3) is 2.57. The fourth-order valence-corrected chi connectivity index (χ4v) is 1.46. The van der Waals surface area contributed by atoms with Crippen LogP contribution in [0.5, 0.6) is 0 Å². The number of carbonyl (C=O) groups is 1. The van der Waals surface area contributed by atoms with E-state index in [0.717, 1.165) is 5.56 Å². The number of hydrogen-bond acceptors (Lipinski definition) is 2. The van der Waals surface area contributed by atoms with Gasteiger partial charge in [0.25, 0.3) is 0 Å². The molecule has 3 nitrogen and oxygen atoms in total. The molecule has 0 heterocycles. The average Bonchev–Trinajstić information content (AvgIpc) is 2.18. The van der Waals surface area contributed by atoms with Crippen molar-refractivity contribution in [3.8, 4) is 0 Å². The van der Waals surface area contributed by atoms with Gasteiger partial charge in [0, 0.05) is 6.42 Å². The molecular weight excluding hydrogens is 190 g/mol. The van der Waals surface area contributed by atoms with Gasteiger partial charge in [-0.2, -0.15) is 0 Å². The van der Waals surface area contributed by atoms with Gasteiger partial charge in [0.05, 0.1) is 0 Å². The Morgan fingerprint density at radius 3 is 2.33 bits per heavy atom. The molecule has 0 fully saturated rings. The van der Waals surface area contributed by atoms with E-state index in [2.05, 4.69) is 0 Å². The Morgan fingerprint density at radius 1 is 1.40 bits per heavy atom. The maximum Gasteiger partial charge on any atom is 0.324 e. The highest BCUT2D eigenvalue weighted by molar-refractivity contribution is 5.79. The topological polar surface area (TPSA) is 63.3 Å². The van der Waals surface area contributed by atoms with Crippen LogP contribution in [-0.4, -0.2) is 16.6 Å². The monoisotopic (exact) mass is 207 g/mol. The molecule has 0 saturated heterocycles. The third-order valence-corrected chi connectivity index (χ3v) is 2.77. The van der Waals surface area contributed by atoms with Gasteiger partial charge in [0.2, 0.25) is 0 Å². The van der Waals surface area contributed by atoms with Crippen molar-refractivity contribution in [2.24, 2.45) is 11.7 Å². The van der Waals surface area contributed by atoms with E-state index >= 15 is 0 Å². The summed E-state index contributed by atoms with van der Waals surface area (Å²) in [6.45, 7) is 3.66. The maximum atomic E-state index is 11.1. The lowest BCUT2D eigenvalue weighted by Gasteiger charge is -2.28. The molecule has 1 rings (SSSR count). The molecule has 0 aliphatic carbocycles. The lowest BCUT2D eigenvalue weighted by atomic mass is 9.82. The van der Waals surface area contributed by atoms with Gasteiger partial charge in [-0.15, -0.1) is 0 Å². The second-order valence-corrected chi connectivity index (χ2v) is 4.16. The van der Waals surface area contributed by atoms with Crippen LogP contribution in [0.4, 0.5) is 0 Å². The number of nitrogens with two attached hydrogens (primary N) is 1. The van der Waals surface area contributed by atoms with Gasteiger partial charge < -0.3 is 10.8 Å². The zero-order chi connectivity index (χ0) is 11.5. The van der Waals surface area contributed by atoms with E-state index in [1.54, 1.807) is 0 Å². The molecule has 82 valence electrons. The molecule has 3 heteroatoms. The number of carboxylic acid groups (broad SMARTS) is 1. The van der Waals surface area contributed by atoms with Crippen molar-refractivity contribution in [1.29, 1.82) is 0 Å². The summed E-state index contributed by atoms with van der Waals surface area (Å²) in [5, 5.41) is 9.14. The first-order chi connectivity index (χ1) is 6.97. The zero-order valence-corrected chi connectivity index (χ0v) is 9.10. The van der Waals surface area contributed by atoms with E-state index < -0.39 is 11.5 Å². The number of rotatable bonds is 4. The lowest BCUT2D eigenvalue weighted by molar-refractivity contribution is -0.145. The van der Waals surface area contributed by atoms with Gasteiger partial charge in [0.15, 0.2) is 0 Å². The van der Waals surface area contributed by atoms with Crippen molar-refractivity contribution in [2.45, 2.75) is 25.8 Å². The molecule has 0 aliphatic heterocycles. The molecule has 1 aromatic rings. The smallest absolute Gasteiger partial charge is 0.324 e. The van der Waals surface area contributed by atoms with E-state index in [1.807, 2.05) is 44.2 Å². The zero-order valence-electron chi connectivity index (χ0n) is 9.10. The molecule has 3 N–H and O–H groups in total. The summed E-state index contributed by atoms with van der Waals surface area (Å²) in [4.78, 5) is 11.1. The summed E-state index contributed by atoms with van der Waals surface area (Å²) in [6, 6.07) is 9.47. The number of benzene rings is 1. The van der Waals surface area contributed by atoms with Crippen LogP contribution in [0.2, 0.25) is 0 Å². The Labute approximate surface area is 89.9 Å². The predicted octanol–water partition coefficient (Wildman–Crippen LogP) is 1.67. The summed E-state index contributed by atoms with van der Waals surface area (Å²) in [5.74, 6) is -1.04. The molecule has 0 spiro atoms. The largest absolute Gasteiger partial charge is 0.480 e. The standard InChI is InChI=1S/C12H17NO2/c1-9(2)12(13,11(14)15)8-10-6-4-3-5-7-10/h3-7,9H,8,13H2,1-2H3,(H,14,15)/t12-/m0/s1. The molecule has 0 saturated carbocycles. The van der Waals surface area contributed by atoms with E-state index in [0.29, 0.717) is 6.42 Å². The van der Waals surface area contributed by atoms with Crippen LogP contribution in [0.3, 0.4) is 0 Å². The van der Waals surface area contributed by atoms with Crippen LogP contribution >= 0.6 is 0 Å². The maximum absolute atomic E-state index is 11.1. The van der Waals surface area contributed by atoms with Gasteiger partial charge >= 0.3 is 5.97 Å². The number of aliphatic carboxylic acids is 1. The number of carboxylic acids is 1. The first-order valence-electron chi connectivity index (χ1n) is 5.03. The molecule has 1 aromatic carbocycles. The summed E-state index contributed by atoms with van der Waals surface area (Å²) in [7, 11) is 0. The first-order valence-corrected chi connectivity index (χ1v) is 5.03. The molecule has 0 aliphatic rings. The van der Waals surface area contributed by atoms with Gasteiger partial charge in [-0.1, -0.05) is 44.2 Å². The van der Waals surface area contributed by atoms with Crippen molar-refractivity contribution in [3.63, 3.8) is 0 Å². The van der Waals surface area contributed by atoms with Gasteiger partial charge in [-0.05, 0) is 11.5 Å². The highest BCUT2D eigenvalue weighted by Crippen LogP contribution is 2.20. The third-order valence-electron chi connectivity index (χ3n) is 2.77. The minimum Gasteiger partial charge on any atom is -0.480 e. The van der Waals surface area contributed by atoms with Gasteiger partial charge in [0.1, 0.15) is 5.54 Å². The Morgan fingerprint density at radius 2 is 1.93 bits per heavy atom. The fourth-order valence-electron chi connectivity index (χ4n) is 1.46. The SMILES string of the molecule is CC(C)[C@@](N)(Cc1ccccc1)C(=O)O. The molecule has 0 aromatic heterocycles. The van der Waals surface area contributed by atoms with E-state index in [9.17, 15) is 4.79 Å². The second kappa shape index (κ2) is 4.45. The highest BCUT2D eigenvalue weighted by Gasteiger charge is 2.37. The predicted molar refractivity (Wildman–Crippen MR) is 59.5 cm³/mol. The molecule has 0 radical (unpaired) electrons. The van der Waals surface area contributed by atoms with E-state index in [1.165, 1.54) is 0 Å². The van der Waals surface area contributed by atoms with E-state index in [-0.39, 0.29) is 5.92 Å². The summed E-state index contributed by atoms with van der Waals surface area (Å²) < 4.78 is 0. The molecule has 15 heavy (non-hydrogen) atoms. The quantitative estimate of drug-likeness (QED) is 0.789. The van der Waals surface area contributed by atoms with Crippen LogP contribution in [0.25, 0.3) is 0 Å². The molecule has 1 atom stereocenters. The van der Waals surface area contributed by atoms with Crippen LogP contribution in [0, 0.1) is 5.92 Å². The van der Waals surface area contributed by atoms with Crippen molar-refractivity contribution in [3.05, 3.63) is 35.9 Å². The van der Waals surface area contributed by atoms with Crippen molar-refractivity contribution >= 4 is 5.97 Å². The molecule has 0 unspecified atom stereocenters. The van der Waals surface area contributed by atoms with Crippen molar-refractivity contribution < 1.29 is 9.90 Å². The molecular formula is C12H17NO2. The highest BCUT2D eigenvalue weighted by atomic mass is 16.4. The normalized spacial score (nSPS) is 14.9. The minimum atomic E-state index is -1.18. The minimum absolute atomic E-state index is 0.102. The second-order valence-electron chi connectivity index (χ2n) is 4.16.